The van der Waals surface area contributed by atoms with E-state index in [2.05, 4.69) is 22.9 Å². The van der Waals surface area contributed by atoms with E-state index in [1.807, 2.05) is 0 Å². The molecule has 0 amide bonds. The lowest BCUT2D eigenvalue weighted by Gasteiger charge is -2.06. The second-order valence-electron chi connectivity index (χ2n) is 5.77. The van der Waals surface area contributed by atoms with Gasteiger partial charge in [-0.25, -0.2) is 0 Å². The van der Waals surface area contributed by atoms with Crippen LogP contribution in [-0.4, -0.2) is 18.5 Å². The number of carbonyl (C=O) groups is 2. The Morgan fingerprint density at radius 1 is 0.875 bits per heavy atom. The van der Waals surface area contributed by atoms with Crippen LogP contribution in [-0.2, 0) is 14.3 Å². The molecule has 0 spiro atoms. The zero-order valence-corrected chi connectivity index (χ0v) is 16.0. The van der Waals surface area contributed by atoms with Gasteiger partial charge < -0.3 is 9.47 Å². The highest BCUT2D eigenvalue weighted by Crippen LogP contribution is 2.16. The summed E-state index contributed by atoms with van der Waals surface area (Å²) >= 11 is 3.31. The molecule has 1 aromatic rings. The topological polar surface area (TPSA) is 52.6 Å². The fraction of sp³-hybridized carbons (Fsp3) is 0.579. The summed E-state index contributed by atoms with van der Waals surface area (Å²) in [6.45, 7) is 2.64. The van der Waals surface area contributed by atoms with E-state index in [4.69, 9.17) is 9.47 Å². The Bertz CT molecular complexity index is 485. The predicted molar refractivity (Wildman–Crippen MR) is 98.0 cm³/mol. The first kappa shape index (κ1) is 20.7. The summed E-state index contributed by atoms with van der Waals surface area (Å²) < 4.78 is 11.2. The highest BCUT2D eigenvalue weighted by atomic mass is 79.9. The van der Waals surface area contributed by atoms with Crippen LogP contribution in [0.3, 0.4) is 0 Å². The molecule has 0 N–H and O–H groups in total. The Morgan fingerprint density at radius 3 is 2.12 bits per heavy atom. The van der Waals surface area contributed by atoms with Crippen LogP contribution in [0.5, 0.6) is 5.75 Å². The van der Waals surface area contributed by atoms with Crippen molar-refractivity contribution in [3.8, 4) is 5.75 Å². The van der Waals surface area contributed by atoms with E-state index in [1.165, 1.54) is 32.1 Å². The standard InChI is InChI=1S/C19H27BrO4/c1-2-3-4-5-6-7-8-15-23-18(21)13-14-19(22)24-17-11-9-16(20)10-12-17/h9-12H,2-8,13-15H2,1H3. The fourth-order valence-electron chi connectivity index (χ4n) is 2.21. The lowest BCUT2D eigenvalue weighted by Crippen LogP contribution is -2.12. The molecule has 0 aromatic heterocycles. The molecule has 0 atom stereocenters. The molecule has 1 rings (SSSR count). The molecule has 0 unspecified atom stereocenters. The first-order chi connectivity index (χ1) is 11.6. The van der Waals surface area contributed by atoms with Crippen molar-refractivity contribution in [3.63, 3.8) is 0 Å². The van der Waals surface area contributed by atoms with Crippen LogP contribution in [0, 0.1) is 0 Å². The molecule has 0 aliphatic heterocycles. The van der Waals surface area contributed by atoms with Crippen molar-refractivity contribution in [1.29, 1.82) is 0 Å². The summed E-state index contributed by atoms with van der Waals surface area (Å²) in [6.07, 6.45) is 8.35. The van der Waals surface area contributed by atoms with E-state index < -0.39 is 5.97 Å². The van der Waals surface area contributed by atoms with E-state index >= 15 is 0 Å². The Hall–Kier alpha value is -1.36. The fourth-order valence-corrected chi connectivity index (χ4v) is 2.47. The number of esters is 2. The quantitative estimate of drug-likeness (QED) is 0.267. The molecule has 0 saturated carbocycles. The molecule has 0 radical (unpaired) electrons. The van der Waals surface area contributed by atoms with Crippen LogP contribution >= 0.6 is 15.9 Å². The summed E-state index contributed by atoms with van der Waals surface area (Å²) in [4.78, 5) is 23.2. The van der Waals surface area contributed by atoms with Crippen molar-refractivity contribution < 1.29 is 19.1 Å². The van der Waals surface area contributed by atoms with Crippen LogP contribution in [0.2, 0.25) is 0 Å². The van der Waals surface area contributed by atoms with Gasteiger partial charge in [-0.15, -0.1) is 0 Å². The number of halogens is 1. The number of ether oxygens (including phenoxy) is 2. The van der Waals surface area contributed by atoms with Gasteiger partial charge in [0.15, 0.2) is 0 Å². The number of benzene rings is 1. The Balaban J connectivity index is 2.02. The molecule has 4 nitrogen and oxygen atoms in total. The van der Waals surface area contributed by atoms with Gasteiger partial charge in [-0.05, 0) is 30.7 Å². The van der Waals surface area contributed by atoms with Crippen molar-refractivity contribution in [2.75, 3.05) is 6.61 Å². The van der Waals surface area contributed by atoms with Gasteiger partial charge in [-0.2, -0.15) is 0 Å². The van der Waals surface area contributed by atoms with Gasteiger partial charge in [0.2, 0.25) is 0 Å². The number of unbranched alkanes of at least 4 members (excludes halogenated alkanes) is 6. The largest absolute Gasteiger partial charge is 0.466 e. The Morgan fingerprint density at radius 2 is 1.46 bits per heavy atom. The van der Waals surface area contributed by atoms with Crippen molar-refractivity contribution in [3.05, 3.63) is 28.7 Å². The number of carbonyl (C=O) groups excluding carboxylic acids is 2. The molecule has 0 saturated heterocycles. The SMILES string of the molecule is CCCCCCCCCOC(=O)CCC(=O)Oc1ccc(Br)cc1. The maximum Gasteiger partial charge on any atom is 0.311 e. The first-order valence-corrected chi connectivity index (χ1v) is 9.53. The minimum absolute atomic E-state index is 0.0336. The van der Waals surface area contributed by atoms with E-state index in [0.717, 1.165) is 17.3 Å². The van der Waals surface area contributed by atoms with Crippen LogP contribution in [0.1, 0.15) is 64.7 Å². The normalized spacial score (nSPS) is 10.4. The van der Waals surface area contributed by atoms with Crippen LogP contribution in [0.25, 0.3) is 0 Å². The number of rotatable bonds is 12. The summed E-state index contributed by atoms with van der Waals surface area (Å²) in [6, 6.07) is 6.97. The summed E-state index contributed by atoms with van der Waals surface area (Å²) in [5.41, 5.74) is 0. The molecule has 0 heterocycles. The van der Waals surface area contributed by atoms with Crippen molar-refractivity contribution in [1.82, 2.24) is 0 Å². The van der Waals surface area contributed by atoms with E-state index in [9.17, 15) is 9.59 Å². The van der Waals surface area contributed by atoms with Crippen molar-refractivity contribution >= 4 is 27.9 Å². The molecular formula is C19H27BrO4. The second-order valence-corrected chi connectivity index (χ2v) is 6.69. The Kier molecular flexibility index (Phi) is 11.2. The van der Waals surface area contributed by atoms with Gasteiger partial charge in [0, 0.05) is 4.47 Å². The molecule has 1 aromatic carbocycles. The third-order valence-electron chi connectivity index (χ3n) is 3.59. The molecular weight excluding hydrogens is 372 g/mol. The van der Waals surface area contributed by atoms with Gasteiger partial charge in [-0.1, -0.05) is 61.4 Å². The molecule has 0 aliphatic carbocycles. The monoisotopic (exact) mass is 398 g/mol. The third-order valence-corrected chi connectivity index (χ3v) is 4.12. The highest BCUT2D eigenvalue weighted by Gasteiger charge is 2.10. The summed E-state index contributed by atoms with van der Waals surface area (Å²) in [5.74, 6) is -0.293. The van der Waals surface area contributed by atoms with Gasteiger partial charge >= 0.3 is 11.9 Å². The van der Waals surface area contributed by atoms with Crippen molar-refractivity contribution in [2.45, 2.75) is 64.7 Å². The average Bonchev–Trinajstić information content (AvgIpc) is 2.57. The second kappa shape index (κ2) is 13.0. The zero-order chi connectivity index (χ0) is 17.6. The van der Waals surface area contributed by atoms with Gasteiger partial charge in [0.25, 0.3) is 0 Å². The molecule has 0 aliphatic rings. The van der Waals surface area contributed by atoms with Crippen molar-refractivity contribution in [2.24, 2.45) is 0 Å². The molecule has 24 heavy (non-hydrogen) atoms. The van der Waals surface area contributed by atoms with Crippen LogP contribution in [0.15, 0.2) is 28.7 Å². The number of hydrogen-bond acceptors (Lipinski definition) is 4. The minimum atomic E-state index is -0.426. The molecule has 0 fully saturated rings. The zero-order valence-electron chi connectivity index (χ0n) is 14.4. The lowest BCUT2D eigenvalue weighted by atomic mass is 10.1. The van der Waals surface area contributed by atoms with Gasteiger partial charge in [-0.3, -0.25) is 9.59 Å². The summed E-state index contributed by atoms with van der Waals surface area (Å²) in [5, 5.41) is 0. The summed E-state index contributed by atoms with van der Waals surface area (Å²) in [7, 11) is 0. The third kappa shape index (κ3) is 10.4. The van der Waals surface area contributed by atoms with E-state index in [0.29, 0.717) is 12.4 Å². The van der Waals surface area contributed by atoms with E-state index in [1.54, 1.807) is 24.3 Å². The van der Waals surface area contributed by atoms with E-state index in [-0.39, 0.29) is 18.8 Å². The van der Waals surface area contributed by atoms with Gasteiger partial charge in [0.1, 0.15) is 5.75 Å². The Labute approximate surface area is 153 Å². The molecule has 5 heteroatoms. The number of hydrogen-bond donors (Lipinski definition) is 0. The van der Waals surface area contributed by atoms with Gasteiger partial charge in [0.05, 0.1) is 19.4 Å². The maximum atomic E-state index is 11.7. The molecule has 0 bridgehead atoms. The predicted octanol–water partition coefficient (Wildman–Crippen LogP) is 5.43. The average molecular weight is 399 g/mol. The first-order valence-electron chi connectivity index (χ1n) is 8.73. The minimum Gasteiger partial charge on any atom is -0.466 e. The lowest BCUT2D eigenvalue weighted by molar-refractivity contribution is -0.147. The maximum absolute atomic E-state index is 11.7. The van der Waals surface area contributed by atoms with Crippen LogP contribution < -0.4 is 4.74 Å². The van der Waals surface area contributed by atoms with Crippen LogP contribution in [0.4, 0.5) is 0 Å². The molecule has 134 valence electrons. The highest BCUT2D eigenvalue weighted by molar-refractivity contribution is 9.10. The smallest absolute Gasteiger partial charge is 0.311 e.